The molecular formula is C28H36O11. The molecule has 2 bridgehead atoms. The van der Waals surface area contributed by atoms with Gasteiger partial charge < -0.3 is 34.3 Å². The molecule has 11 heteroatoms. The van der Waals surface area contributed by atoms with Crippen LogP contribution in [0.1, 0.15) is 47.5 Å². The summed E-state index contributed by atoms with van der Waals surface area (Å²) in [5.41, 5.74) is -3.43. The number of carbonyl (C=O) groups is 4. The Morgan fingerprint density at radius 3 is 2.46 bits per heavy atom. The predicted molar refractivity (Wildman–Crippen MR) is 132 cm³/mol. The van der Waals surface area contributed by atoms with E-state index < -0.39 is 82.3 Å². The van der Waals surface area contributed by atoms with Crippen molar-refractivity contribution in [3.63, 3.8) is 0 Å². The molecule has 2 aliphatic heterocycles. The van der Waals surface area contributed by atoms with Crippen LogP contribution in [0.4, 0.5) is 0 Å². The number of Topliss-reactive ketones (excluding diaryl/α,β-unsaturated/α-hetero) is 1. The van der Waals surface area contributed by atoms with Gasteiger partial charge >= 0.3 is 17.9 Å². The van der Waals surface area contributed by atoms with Gasteiger partial charge in [0, 0.05) is 23.8 Å². The lowest BCUT2D eigenvalue weighted by Crippen LogP contribution is -2.79. The average Bonchev–Trinajstić information content (AvgIpc) is 3.18. The van der Waals surface area contributed by atoms with Gasteiger partial charge in [0.1, 0.15) is 12.2 Å². The fourth-order valence-electron chi connectivity index (χ4n) is 8.37. The van der Waals surface area contributed by atoms with E-state index in [-0.39, 0.29) is 31.1 Å². The molecule has 4 fully saturated rings. The Kier molecular flexibility index (Phi) is 6.32. The highest BCUT2D eigenvalue weighted by Crippen LogP contribution is 2.72. The first-order chi connectivity index (χ1) is 18.2. The van der Waals surface area contributed by atoms with Crippen LogP contribution in [0.2, 0.25) is 0 Å². The van der Waals surface area contributed by atoms with Gasteiger partial charge in [-0.25, -0.2) is 14.4 Å². The number of aliphatic hydroxyl groups excluding tert-OH is 3. The standard InChI is InChI=1S/C28H36O11/c1-11(2)12(3)7-17(30)39-20-22-27-10-37-28(22,25(35)36-6)23(33)19(32)21(27)26(5)9-15(29)18(31)13(4)14(26)8-16(27)38-24(20)34/h7,11,14,16,19-23,31-33H,8-10H2,1-6H3/b12-7-. The van der Waals surface area contributed by atoms with Crippen molar-refractivity contribution < 1.29 is 53.4 Å². The van der Waals surface area contributed by atoms with Crippen LogP contribution >= 0.6 is 0 Å². The van der Waals surface area contributed by atoms with E-state index in [1.807, 2.05) is 13.8 Å². The Hall–Kier alpha value is -2.76. The Morgan fingerprint density at radius 2 is 1.85 bits per heavy atom. The van der Waals surface area contributed by atoms with E-state index in [1.54, 1.807) is 20.8 Å². The zero-order valence-electron chi connectivity index (χ0n) is 22.9. The third-order valence-corrected chi connectivity index (χ3v) is 10.3. The van der Waals surface area contributed by atoms with Crippen molar-refractivity contribution in [2.75, 3.05) is 13.7 Å². The van der Waals surface area contributed by atoms with E-state index >= 15 is 0 Å². The second-order valence-corrected chi connectivity index (χ2v) is 12.3. The number of ketones is 1. The van der Waals surface area contributed by atoms with E-state index in [4.69, 9.17) is 18.9 Å². The van der Waals surface area contributed by atoms with Crippen LogP contribution in [0.25, 0.3) is 0 Å². The topological polar surface area (TPSA) is 166 Å². The molecule has 10 atom stereocenters. The molecule has 10 unspecified atom stereocenters. The normalized spacial score (nSPS) is 44.9. The number of aliphatic hydroxyl groups is 3. The van der Waals surface area contributed by atoms with E-state index in [9.17, 15) is 34.5 Å². The van der Waals surface area contributed by atoms with E-state index in [1.165, 1.54) is 6.08 Å². The molecular weight excluding hydrogens is 512 g/mol. The van der Waals surface area contributed by atoms with Gasteiger partial charge in [0.25, 0.3) is 0 Å². The summed E-state index contributed by atoms with van der Waals surface area (Å²) in [6.45, 7) is 8.72. The van der Waals surface area contributed by atoms with Crippen LogP contribution < -0.4 is 0 Å². The summed E-state index contributed by atoms with van der Waals surface area (Å²) in [6, 6.07) is 0. The second-order valence-electron chi connectivity index (χ2n) is 12.3. The molecule has 11 nitrogen and oxygen atoms in total. The number of rotatable bonds is 4. The number of hydrogen-bond acceptors (Lipinski definition) is 11. The maximum absolute atomic E-state index is 13.5. The lowest BCUT2D eigenvalue weighted by Gasteiger charge is -2.67. The third kappa shape index (κ3) is 3.39. The molecule has 3 aliphatic carbocycles. The van der Waals surface area contributed by atoms with Crippen molar-refractivity contribution in [1.82, 2.24) is 0 Å². The van der Waals surface area contributed by atoms with Gasteiger partial charge in [-0.15, -0.1) is 0 Å². The van der Waals surface area contributed by atoms with Gasteiger partial charge in [-0.1, -0.05) is 26.3 Å². The predicted octanol–water partition coefficient (Wildman–Crippen LogP) is 1.15. The maximum Gasteiger partial charge on any atom is 0.348 e. The van der Waals surface area contributed by atoms with Crippen molar-refractivity contribution in [2.45, 2.75) is 77.5 Å². The number of esters is 3. The van der Waals surface area contributed by atoms with Crippen molar-refractivity contribution >= 4 is 23.7 Å². The fraction of sp³-hybridized carbons (Fsp3) is 0.714. The maximum atomic E-state index is 13.5. The first-order valence-corrected chi connectivity index (χ1v) is 13.3. The molecule has 0 amide bonds. The monoisotopic (exact) mass is 548 g/mol. The number of allylic oxidation sites excluding steroid dienone is 3. The third-order valence-electron chi connectivity index (χ3n) is 10.3. The van der Waals surface area contributed by atoms with Crippen LogP contribution in [-0.4, -0.2) is 82.7 Å². The molecule has 2 heterocycles. The zero-order chi connectivity index (χ0) is 28.8. The molecule has 5 rings (SSSR count). The lowest BCUT2D eigenvalue weighted by atomic mass is 9.38. The van der Waals surface area contributed by atoms with Crippen molar-refractivity contribution in [3.8, 4) is 0 Å². The highest BCUT2D eigenvalue weighted by molar-refractivity contribution is 5.95. The first kappa shape index (κ1) is 27.8. The number of carbonyl (C=O) groups excluding carboxylic acids is 4. The van der Waals surface area contributed by atoms with Gasteiger partial charge in [-0.2, -0.15) is 0 Å². The molecule has 214 valence electrons. The molecule has 0 aromatic rings. The molecule has 0 aromatic heterocycles. The summed E-state index contributed by atoms with van der Waals surface area (Å²) in [5, 5.41) is 33.7. The molecule has 2 saturated carbocycles. The van der Waals surface area contributed by atoms with Crippen LogP contribution in [0.5, 0.6) is 0 Å². The summed E-state index contributed by atoms with van der Waals surface area (Å²) < 4.78 is 22.7. The Balaban J connectivity index is 1.71. The SMILES string of the molecule is COC(=O)C12OCC34C(CC5C(C)=C(O)C(=O)CC5(C)C3C(O)C1O)OC(=O)C(OC(=O)/C=C(/C)C(C)C)C24. The van der Waals surface area contributed by atoms with Gasteiger partial charge in [-0.3, -0.25) is 4.79 Å². The number of ether oxygens (including phenoxy) is 4. The van der Waals surface area contributed by atoms with Gasteiger partial charge in [-0.05, 0) is 43.1 Å². The van der Waals surface area contributed by atoms with Crippen LogP contribution in [0.15, 0.2) is 23.0 Å². The number of methoxy groups -OCH3 is 1. The van der Waals surface area contributed by atoms with Gasteiger partial charge in [0.2, 0.25) is 11.7 Å². The first-order valence-electron chi connectivity index (χ1n) is 13.3. The largest absolute Gasteiger partial charge is 0.504 e. The van der Waals surface area contributed by atoms with Crippen molar-refractivity contribution in [1.29, 1.82) is 0 Å². The molecule has 5 aliphatic rings. The lowest BCUT2D eigenvalue weighted by molar-refractivity contribution is -0.290. The zero-order valence-corrected chi connectivity index (χ0v) is 22.9. The summed E-state index contributed by atoms with van der Waals surface area (Å²) in [6.07, 6.45) is -4.75. The second kappa shape index (κ2) is 8.87. The fourth-order valence-corrected chi connectivity index (χ4v) is 8.37. The van der Waals surface area contributed by atoms with Gasteiger partial charge in [0.05, 0.1) is 25.7 Å². The van der Waals surface area contributed by atoms with E-state index in [0.29, 0.717) is 11.1 Å². The van der Waals surface area contributed by atoms with Crippen LogP contribution in [0, 0.1) is 34.5 Å². The van der Waals surface area contributed by atoms with Crippen LogP contribution in [-0.2, 0) is 38.1 Å². The Bertz CT molecular complexity index is 1200. The molecule has 0 radical (unpaired) electrons. The number of fused-ring (bicyclic) bond motifs is 2. The minimum Gasteiger partial charge on any atom is -0.504 e. The average molecular weight is 549 g/mol. The summed E-state index contributed by atoms with van der Waals surface area (Å²) in [7, 11) is 1.10. The Labute approximate surface area is 226 Å². The molecule has 3 N–H and O–H groups in total. The van der Waals surface area contributed by atoms with Crippen molar-refractivity contribution in [3.05, 3.63) is 23.0 Å². The smallest absolute Gasteiger partial charge is 0.348 e. The van der Waals surface area contributed by atoms with Crippen molar-refractivity contribution in [2.24, 2.45) is 34.5 Å². The van der Waals surface area contributed by atoms with E-state index in [0.717, 1.165) is 7.11 Å². The molecule has 2 saturated heterocycles. The van der Waals surface area contributed by atoms with Crippen LogP contribution in [0.3, 0.4) is 0 Å². The summed E-state index contributed by atoms with van der Waals surface area (Å²) in [4.78, 5) is 52.8. The summed E-state index contributed by atoms with van der Waals surface area (Å²) >= 11 is 0. The Morgan fingerprint density at radius 1 is 1.18 bits per heavy atom. The highest BCUT2D eigenvalue weighted by Gasteiger charge is 2.85. The molecule has 0 aromatic carbocycles. The quantitative estimate of drug-likeness (QED) is 0.262. The van der Waals surface area contributed by atoms with E-state index in [2.05, 4.69) is 0 Å². The van der Waals surface area contributed by atoms with Gasteiger partial charge in [0.15, 0.2) is 11.5 Å². The molecule has 39 heavy (non-hydrogen) atoms. The molecule has 1 spiro atoms. The summed E-state index contributed by atoms with van der Waals surface area (Å²) in [5.74, 6) is -6.26. The minimum atomic E-state index is -2.22. The minimum absolute atomic E-state index is 0.0302. The highest BCUT2D eigenvalue weighted by atomic mass is 16.6. The number of hydrogen-bond donors (Lipinski definition) is 3.